The highest BCUT2D eigenvalue weighted by Crippen LogP contribution is 2.34. The summed E-state index contributed by atoms with van der Waals surface area (Å²) in [5.41, 5.74) is 9.25. The number of nitrogen functional groups attached to an aromatic ring is 1. The second kappa shape index (κ2) is 8.17. The molecule has 0 fully saturated rings. The first-order valence-corrected chi connectivity index (χ1v) is 9.49. The van der Waals surface area contributed by atoms with Gasteiger partial charge in [0.1, 0.15) is 29.3 Å². The number of fused-ring (bicyclic) bond motifs is 2. The Labute approximate surface area is 177 Å². The van der Waals surface area contributed by atoms with Crippen molar-refractivity contribution in [2.45, 2.75) is 0 Å². The van der Waals surface area contributed by atoms with Gasteiger partial charge in [0.15, 0.2) is 5.65 Å². The predicted molar refractivity (Wildman–Crippen MR) is 115 cm³/mol. The van der Waals surface area contributed by atoms with E-state index in [0.717, 1.165) is 0 Å². The van der Waals surface area contributed by atoms with Crippen LogP contribution >= 0.6 is 11.6 Å². The number of anilines is 1. The minimum absolute atomic E-state index is 0.0941. The summed E-state index contributed by atoms with van der Waals surface area (Å²) in [6.07, 6.45) is 0. The van der Waals surface area contributed by atoms with Crippen LogP contribution in [0.2, 0.25) is 5.02 Å². The van der Waals surface area contributed by atoms with E-state index in [-0.39, 0.29) is 24.6 Å². The Balaban J connectivity index is 1.97. The molecule has 0 spiro atoms. The Morgan fingerprint density at radius 1 is 1.10 bits per heavy atom. The Hall–Kier alpha value is -3.36. The van der Waals surface area contributed by atoms with E-state index < -0.39 is 5.97 Å². The number of benzene rings is 2. The molecule has 0 amide bonds. The monoisotopic (exact) mass is 426 g/mol. The maximum atomic E-state index is 12.8. The van der Waals surface area contributed by atoms with Crippen LogP contribution in [-0.4, -0.2) is 47.9 Å². The lowest BCUT2D eigenvalue weighted by atomic mass is 10.2. The molecule has 9 heteroatoms. The van der Waals surface area contributed by atoms with Gasteiger partial charge in [-0.05, 0) is 30.3 Å². The molecule has 4 aromatic rings. The van der Waals surface area contributed by atoms with E-state index in [1.54, 1.807) is 22.8 Å². The molecule has 0 aliphatic heterocycles. The predicted octanol–water partition coefficient (Wildman–Crippen LogP) is 3.62. The Kier molecular flexibility index (Phi) is 5.43. The quantitative estimate of drug-likeness (QED) is 0.371. The van der Waals surface area contributed by atoms with Crippen molar-refractivity contribution in [2.75, 3.05) is 33.2 Å². The van der Waals surface area contributed by atoms with Crippen LogP contribution in [0.3, 0.4) is 0 Å². The highest BCUT2D eigenvalue weighted by Gasteiger charge is 2.26. The zero-order valence-corrected chi connectivity index (χ0v) is 17.1. The second-order valence-corrected chi connectivity index (χ2v) is 6.83. The lowest BCUT2D eigenvalue weighted by Crippen LogP contribution is -2.12. The fraction of sp³-hybridized carbons (Fsp3) is 0.190. The van der Waals surface area contributed by atoms with Crippen LogP contribution in [0.1, 0.15) is 10.4 Å². The lowest BCUT2D eigenvalue weighted by Gasteiger charge is -2.10. The van der Waals surface area contributed by atoms with E-state index in [4.69, 9.17) is 36.5 Å². The van der Waals surface area contributed by atoms with Crippen LogP contribution in [0.25, 0.3) is 27.9 Å². The van der Waals surface area contributed by atoms with Gasteiger partial charge in [0.2, 0.25) is 0 Å². The zero-order valence-electron chi connectivity index (χ0n) is 16.4. The highest BCUT2D eigenvalue weighted by molar-refractivity contribution is 6.32. The summed E-state index contributed by atoms with van der Waals surface area (Å²) in [6.45, 7) is 0.365. The number of ether oxygens (including phenoxy) is 3. The Morgan fingerprint density at radius 2 is 1.83 bits per heavy atom. The van der Waals surface area contributed by atoms with Gasteiger partial charge in [0.05, 0.1) is 35.5 Å². The molecule has 0 saturated heterocycles. The highest BCUT2D eigenvalue weighted by atomic mass is 35.5. The number of rotatable bonds is 6. The number of esters is 1. The van der Waals surface area contributed by atoms with E-state index >= 15 is 0 Å². The molecule has 0 bridgehead atoms. The number of halogens is 1. The van der Waals surface area contributed by atoms with E-state index in [0.29, 0.717) is 38.7 Å². The summed E-state index contributed by atoms with van der Waals surface area (Å²) in [5, 5.41) is 0.397. The number of nitrogens with two attached hydrogens (primary N) is 1. The summed E-state index contributed by atoms with van der Waals surface area (Å²) in [7, 11) is 3.06. The first-order valence-electron chi connectivity index (χ1n) is 9.11. The average molecular weight is 427 g/mol. The number of aromatic nitrogens is 3. The average Bonchev–Trinajstić information content (AvgIpc) is 3.02. The molecule has 0 aliphatic carbocycles. The molecule has 30 heavy (non-hydrogen) atoms. The van der Waals surface area contributed by atoms with Crippen molar-refractivity contribution in [3.63, 3.8) is 0 Å². The molecular formula is C21H19ClN4O4. The Bertz CT molecular complexity index is 1250. The molecule has 2 heterocycles. The second-order valence-electron chi connectivity index (χ2n) is 6.43. The van der Waals surface area contributed by atoms with Gasteiger partial charge in [-0.3, -0.25) is 4.57 Å². The molecule has 4 rings (SSSR count). The number of methoxy groups -OCH3 is 2. The van der Waals surface area contributed by atoms with Crippen molar-refractivity contribution in [2.24, 2.45) is 0 Å². The number of hydrogen-bond acceptors (Lipinski definition) is 7. The zero-order chi connectivity index (χ0) is 21.3. The molecule has 0 radical (unpaired) electrons. The van der Waals surface area contributed by atoms with Gasteiger partial charge in [-0.15, -0.1) is 0 Å². The molecule has 0 aliphatic rings. The number of carbonyl (C=O) groups excluding carboxylic acids is 1. The summed E-state index contributed by atoms with van der Waals surface area (Å²) in [5.74, 6) is 0.0765. The molecule has 0 saturated carbocycles. The molecule has 2 aromatic carbocycles. The van der Waals surface area contributed by atoms with Crippen LogP contribution in [-0.2, 0) is 9.47 Å². The van der Waals surface area contributed by atoms with E-state index in [1.807, 2.05) is 24.3 Å². The molecular weight excluding hydrogens is 408 g/mol. The van der Waals surface area contributed by atoms with Gasteiger partial charge in [-0.1, -0.05) is 23.7 Å². The van der Waals surface area contributed by atoms with Gasteiger partial charge in [-0.2, -0.15) is 0 Å². The van der Waals surface area contributed by atoms with Crippen LogP contribution in [0.4, 0.5) is 5.82 Å². The number of hydrogen-bond donors (Lipinski definition) is 1. The SMILES string of the molecule is COCCOC(=O)c1c(N)n(-c2ccc(OC)c(Cl)c2)c2nc3ccccc3nc12. The summed E-state index contributed by atoms with van der Waals surface area (Å²) in [4.78, 5) is 22.2. The van der Waals surface area contributed by atoms with Gasteiger partial charge in [-0.25, -0.2) is 14.8 Å². The maximum absolute atomic E-state index is 12.8. The minimum Gasteiger partial charge on any atom is -0.495 e. The van der Waals surface area contributed by atoms with E-state index in [9.17, 15) is 4.79 Å². The topological polar surface area (TPSA) is 101 Å². The van der Waals surface area contributed by atoms with Gasteiger partial charge < -0.3 is 19.9 Å². The number of carbonyl (C=O) groups is 1. The molecule has 154 valence electrons. The van der Waals surface area contributed by atoms with E-state index in [2.05, 4.69) is 4.98 Å². The molecule has 2 aromatic heterocycles. The first kappa shape index (κ1) is 19.9. The number of para-hydroxylation sites is 2. The van der Waals surface area contributed by atoms with Crippen LogP contribution in [0.5, 0.6) is 5.75 Å². The van der Waals surface area contributed by atoms with Crippen molar-refractivity contribution in [1.29, 1.82) is 0 Å². The fourth-order valence-electron chi connectivity index (χ4n) is 3.21. The third-order valence-corrected chi connectivity index (χ3v) is 4.91. The molecule has 2 N–H and O–H groups in total. The van der Waals surface area contributed by atoms with Gasteiger partial charge in [0.25, 0.3) is 0 Å². The van der Waals surface area contributed by atoms with Crippen molar-refractivity contribution in [3.8, 4) is 11.4 Å². The minimum atomic E-state index is -0.600. The first-order chi connectivity index (χ1) is 14.5. The maximum Gasteiger partial charge on any atom is 0.344 e. The van der Waals surface area contributed by atoms with Crippen LogP contribution in [0, 0.1) is 0 Å². The standard InChI is InChI=1S/C21H19ClN4O4/c1-28-9-10-30-21(27)17-18-20(25-15-6-4-3-5-14(15)24-18)26(19(17)23)12-7-8-16(29-2)13(22)11-12/h3-8,11H,9-10,23H2,1-2H3. The van der Waals surface area contributed by atoms with Crippen molar-refractivity contribution in [3.05, 3.63) is 53.1 Å². The smallest absolute Gasteiger partial charge is 0.344 e. The van der Waals surface area contributed by atoms with Gasteiger partial charge >= 0.3 is 5.97 Å². The van der Waals surface area contributed by atoms with E-state index in [1.165, 1.54) is 14.2 Å². The summed E-state index contributed by atoms with van der Waals surface area (Å²) in [6, 6.07) is 12.6. The van der Waals surface area contributed by atoms with Gasteiger partial charge in [0, 0.05) is 7.11 Å². The third kappa shape index (κ3) is 3.40. The molecule has 8 nitrogen and oxygen atoms in total. The normalized spacial score (nSPS) is 11.2. The summed E-state index contributed by atoms with van der Waals surface area (Å²) >= 11 is 6.31. The lowest BCUT2D eigenvalue weighted by molar-refractivity contribution is 0.0391. The van der Waals surface area contributed by atoms with Crippen LogP contribution in [0.15, 0.2) is 42.5 Å². The number of nitrogens with zero attached hydrogens (tertiary/aromatic N) is 3. The molecule has 0 unspecified atom stereocenters. The van der Waals surface area contributed by atoms with Crippen molar-refractivity contribution in [1.82, 2.24) is 14.5 Å². The third-order valence-electron chi connectivity index (χ3n) is 4.62. The largest absolute Gasteiger partial charge is 0.495 e. The molecule has 0 atom stereocenters. The Morgan fingerprint density at radius 3 is 2.50 bits per heavy atom. The summed E-state index contributed by atoms with van der Waals surface area (Å²) < 4.78 is 17.1. The van der Waals surface area contributed by atoms with Crippen molar-refractivity contribution >= 4 is 45.6 Å². The fourth-order valence-corrected chi connectivity index (χ4v) is 3.46. The van der Waals surface area contributed by atoms with Crippen LogP contribution < -0.4 is 10.5 Å². The van der Waals surface area contributed by atoms with Crippen molar-refractivity contribution < 1.29 is 19.0 Å².